The third-order valence-electron chi connectivity index (χ3n) is 4.36. The van der Waals surface area contributed by atoms with Gasteiger partial charge in [-0.25, -0.2) is 4.98 Å². The maximum absolute atomic E-state index is 11.2. The summed E-state index contributed by atoms with van der Waals surface area (Å²) in [5.74, 6) is 7.39. The molecule has 3 rings (SSSR count). The first kappa shape index (κ1) is 18.3. The fourth-order valence-electron chi connectivity index (χ4n) is 2.86. The number of nitrogens with zero attached hydrogens (tertiary/aromatic N) is 4. The molecule has 0 spiro atoms. The van der Waals surface area contributed by atoms with Crippen molar-refractivity contribution in [1.82, 2.24) is 9.88 Å². The second kappa shape index (κ2) is 8.23. The Kier molecular flexibility index (Phi) is 5.57. The van der Waals surface area contributed by atoms with E-state index < -0.39 is 4.92 Å². The predicted octanol–water partition coefficient (Wildman–Crippen LogP) is 2.69. The molecule has 138 valence electrons. The zero-order chi connectivity index (χ0) is 19.2. The smallest absolute Gasteiger partial charge is 0.311 e. The van der Waals surface area contributed by atoms with Crippen LogP contribution in [0.25, 0.3) is 0 Å². The van der Waals surface area contributed by atoms with E-state index in [2.05, 4.69) is 28.3 Å². The quantitative estimate of drug-likeness (QED) is 0.472. The van der Waals surface area contributed by atoms with Gasteiger partial charge in [0.05, 0.1) is 17.7 Å². The fourth-order valence-corrected chi connectivity index (χ4v) is 2.86. The van der Waals surface area contributed by atoms with Crippen LogP contribution < -0.4 is 9.64 Å². The van der Waals surface area contributed by atoms with E-state index in [1.807, 2.05) is 29.2 Å². The van der Waals surface area contributed by atoms with Crippen molar-refractivity contribution in [3.8, 4) is 17.6 Å². The first-order chi connectivity index (χ1) is 13.1. The van der Waals surface area contributed by atoms with E-state index in [1.54, 1.807) is 19.4 Å². The van der Waals surface area contributed by atoms with Gasteiger partial charge >= 0.3 is 5.69 Å². The third-order valence-corrected chi connectivity index (χ3v) is 4.36. The van der Waals surface area contributed by atoms with E-state index in [9.17, 15) is 10.1 Å². The molecule has 27 heavy (non-hydrogen) atoms. The zero-order valence-corrected chi connectivity index (χ0v) is 15.1. The van der Waals surface area contributed by atoms with E-state index >= 15 is 0 Å². The molecule has 7 heteroatoms. The van der Waals surface area contributed by atoms with Gasteiger partial charge in [0.15, 0.2) is 0 Å². The molecule has 1 aromatic heterocycles. The number of ether oxygens (including phenoxy) is 1. The maximum atomic E-state index is 11.2. The van der Waals surface area contributed by atoms with Crippen LogP contribution in [0.2, 0.25) is 0 Å². The third kappa shape index (κ3) is 4.36. The van der Waals surface area contributed by atoms with Crippen molar-refractivity contribution in [1.29, 1.82) is 0 Å². The number of rotatable bonds is 4. The average molecular weight is 364 g/mol. The number of pyridine rings is 1. The molecule has 0 radical (unpaired) electrons. The van der Waals surface area contributed by atoms with Gasteiger partial charge in [-0.15, -0.1) is 0 Å². The summed E-state index contributed by atoms with van der Waals surface area (Å²) in [6.07, 6.45) is 1.58. The lowest BCUT2D eigenvalue weighted by Crippen LogP contribution is -2.46. The highest BCUT2D eigenvalue weighted by Gasteiger charge is 2.24. The number of allylic oxidation sites excluding steroid dienone is 1. The van der Waals surface area contributed by atoms with Crippen LogP contribution in [0.5, 0.6) is 5.75 Å². The van der Waals surface area contributed by atoms with Crippen molar-refractivity contribution < 1.29 is 9.66 Å². The van der Waals surface area contributed by atoms with Crippen LogP contribution in [-0.2, 0) is 0 Å². The molecule has 0 bridgehead atoms. The number of anilines is 1. The molecule has 2 aromatic rings. The Morgan fingerprint density at radius 2 is 1.93 bits per heavy atom. The number of nitro groups is 1. The molecule has 1 aliphatic rings. The van der Waals surface area contributed by atoms with Gasteiger partial charge in [0.2, 0.25) is 5.82 Å². The number of methoxy groups -OCH3 is 1. The highest BCUT2D eigenvalue weighted by molar-refractivity contribution is 5.57. The summed E-state index contributed by atoms with van der Waals surface area (Å²) >= 11 is 0. The average Bonchev–Trinajstić information content (AvgIpc) is 2.72. The summed E-state index contributed by atoms with van der Waals surface area (Å²) in [5.41, 5.74) is 1.66. The van der Waals surface area contributed by atoms with Crippen molar-refractivity contribution in [3.63, 3.8) is 0 Å². The van der Waals surface area contributed by atoms with E-state index in [1.165, 1.54) is 6.07 Å². The second-order valence-electron chi connectivity index (χ2n) is 6.00. The van der Waals surface area contributed by atoms with Crippen LogP contribution in [-0.4, -0.2) is 48.1 Å². The molecule has 0 atom stereocenters. The van der Waals surface area contributed by atoms with Crippen LogP contribution in [0.15, 0.2) is 54.9 Å². The van der Waals surface area contributed by atoms with Gasteiger partial charge in [-0.05, 0) is 36.3 Å². The Morgan fingerprint density at radius 3 is 2.56 bits per heavy atom. The number of piperazine rings is 1. The first-order valence-electron chi connectivity index (χ1n) is 8.53. The van der Waals surface area contributed by atoms with Gasteiger partial charge in [0, 0.05) is 44.0 Å². The summed E-state index contributed by atoms with van der Waals surface area (Å²) in [6.45, 7) is 6.68. The van der Waals surface area contributed by atoms with Crippen molar-refractivity contribution >= 4 is 11.5 Å². The topological polar surface area (TPSA) is 71.7 Å². The summed E-state index contributed by atoms with van der Waals surface area (Å²) in [6, 6.07) is 10.6. The molecule has 0 unspecified atom stereocenters. The first-order valence-corrected chi connectivity index (χ1v) is 8.53. The normalized spacial score (nSPS) is 13.5. The second-order valence-corrected chi connectivity index (χ2v) is 6.00. The molecular weight excluding hydrogens is 344 g/mol. The Labute approximate surface area is 158 Å². The lowest BCUT2D eigenvalue weighted by molar-refractivity contribution is -0.384. The molecule has 1 aliphatic heterocycles. The Bertz CT molecular complexity index is 891. The van der Waals surface area contributed by atoms with Crippen LogP contribution in [0.3, 0.4) is 0 Å². The lowest BCUT2D eigenvalue weighted by Gasteiger charge is -2.35. The maximum Gasteiger partial charge on any atom is 0.311 e. The molecule has 2 heterocycles. The van der Waals surface area contributed by atoms with Gasteiger partial charge in [0.25, 0.3) is 0 Å². The van der Waals surface area contributed by atoms with Crippen LogP contribution in [0.1, 0.15) is 5.56 Å². The predicted molar refractivity (Wildman–Crippen MR) is 104 cm³/mol. The minimum absolute atomic E-state index is 0.0315. The van der Waals surface area contributed by atoms with Crippen molar-refractivity contribution in [2.75, 3.05) is 38.2 Å². The van der Waals surface area contributed by atoms with Gasteiger partial charge in [-0.1, -0.05) is 12.5 Å². The van der Waals surface area contributed by atoms with E-state index in [0.717, 1.165) is 17.0 Å². The summed E-state index contributed by atoms with van der Waals surface area (Å²) in [4.78, 5) is 19.0. The minimum atomic E-state index is -0.395. The Morgan fingerprint density at radius 1 is 1.22 bits per heavy atom. The SMILES string of the molecule is C=C(C#Cc1ccc(OC)cc1)N1CCN(c2ncccc2[N+](=O)[O-])CC1. The van der Waals surface area contributed by atoms with Crippen molar-refractivity contribution in [3.05, 3.63) is 70.5 Å². The van der Waals surface area contributed by atoms with Gasteiger partial charge in [-0.2, -0.15) is 0 Å². The lowest BCUT2D eigenvalue weighted by atomic mass is 10.2. The largest absolute Gasteiger partial charge is 0.497 e. The van der Waals surface area contributed by atoms with Crippen LogP contribution in [0.4, 0.5) is 11.5 Å². The molecule has 1 fully saturated rings. The zero-order valence-electron chi connectivity index (χ0n) is 15.1. The standard InChI is InChI=1S/C20H20N4O3/c1-16(5-6-17-7-9-18(27-2)10-8-17)22-12-14-23(15-13-22)20-19(24(25)26)4-3-11-21-20/h3-4,7-11H,1,12-15H2,2H3. The highest BCUT2D eigenvalue weighted by atomic mass is 16.6. The van der Waals surface area contributed by atoms with E-state index in [4.69, 9.17) is 4.74 Å². The Hall–Kier alpha value is -3.53. The minimum Gasteiger partial charge on any atom is -0.497 e. The number of aromatic nitrogens is 1. The summed E-state index contributed by atoms with van der Waals surface area (Å²) in [5, 5.41) is 11.2. The molecule has 1 saturated heterocycles. The molecule has 0 amide bonds. The Balaban J connectivity index is 1.61. The number of hydrogen-bond acceptors (Lipinski definition) is 6. The molecular formula is C20H20N4O3. The summed E-state index contributed by atoms with van der Waals surface area (Å²) < 4.78 is 5.13. The summed E-state index contributed by atoms with van der Waals surface area (Å²) in [7, 11) is 1.63. The van der Waals surface area contributed by atoms with Gasteiger partial charge in [-0.3, -0.25) is 10.1 Å². The molecule has 7 nitrogen and oxygen atoms in total. The molecule has 1 aromatic carbocycles. The monoisotopic (exact) mass is 364 g/mol. The van der Waals surface area contributed by atoms with Crippen molar-refractivity contribution in [2.45, 2.75) is 0 Å². The van der Waals surface area contributed by atoms with Gasteiger partial charge < -0.3 is 14.5 Å². The van der Waals surface area contributed by atoms with Crippen molar-refractivity contribution in [2.24, 2.45) is 0 Å². The van der Waals surface area contributed by atoms with Gasteiger partial charge in [0.1, 0.15) is 5.75 Å². The molecule has 0 N–H and O–H groups in total. The van der Waals surface area contributed by atoms with E-state index in [-0.39, 0.29) is 5.69 Å². The highest BCUT2D eigenvalue weighted by Crippen LogP contribution is 2.26. The molecule has 0 saturated carbocycles. The fraction of sp³-hybridized carbons (Fsp3) is 0.250. The number of benzene rings is 1. The van der Waals surface area contributed by atoms with Crippen LogP contribution >= 0.6 is 0 Å². The van der Waals surface area contributed by atoms with E-state index in [0.29, 0.717) is 32.0 Å². The van der Waals surface area contributed by atoms with Crippen LogP contribution in [0, 0.1) is 22.0 Å². The molecule has 0 aliphatic carbocycles. The number of hydrogen-bond donors (Lipinski definition) is 0.